The van der Waals surface area contributed by atoms with E-state index in [1.165, 1.54) is 37.9 Å². The van der Waals surface area contributed by atoms with Crippen LogP contribution in [0.1, 0.15) is 46.0 Å². The zero-order valence-electron chi connectivity index (χ0n) is 10.5. The van der Waals surface area contributed by atoms with Crippen molar-refractivity contribution in [2.75, 3.05) is 13.2 Å². The summed E-state index contributed by atoms with van der Waals surface area (Å²) in [6, 6.07) is 0.862. The van der Waals surface area contributed by atoms with E-state index in [0.29, 0.717) is 18.0 Å². The van der Waals surface area contributed by atoms with Crippen LogP contribution in [0.4, 0.5) is 0 Å². The van der Waals surface area contributed by atoms with E-state index in [1.807, 2.05) is 0 Å². The molecule has 16 heavy (non-hydrogen) atoms. The maximum absolute atomic E-state index is 5.38. The molecule has 0 amide bonds. The van der Waals surface area contributed by atoms with E-state index < -0.39 is 0 Å². The molecule has 0 bridgehead atoms. The van der Waals surface area contributed by atoms with Crippen LogP contribution in [0, 0.1) is 5.92 Å². The molecule has 3 atom stereocenters. The van der Waals surface area contributed by atoms with Gasteiger partial charge in [-0.25, -0.2) is 0 Å². The first kappa shape index (κ1) is 11.9. The molecule has 1 N–H and O–H groups in total. The number of nitrogens with one attached hydrogen (secondary N) is 1. The van der Waals surface area contributed by atoms with E-state index in [1.54, 1.807) is 0 Å². The molecule has 0 spiro atoms. The lowest BCUT2D eigenvalue weighted by molar-refractivity contribution is 0.188. The molecule has 2 heterocycles. The van der Waals surface area contributed by atoms with Crippen LogP contribution in [0.15, 0.2) is 4.99 Å². The molecule has 3 nitrogen and oxygen atoms in total. The molecule has 0 saturated carbocycles. The lowest BCUT2D eigenvalue weighted by Gasteiger charge is -2.14. The predicted molar refractivity (Wildman–Crippen MR) is 66.9 cm³/mol. The summed E-state index contributed by atoms with van der Waals surface area (Å²) >= 11 is 0. The number of hydrogen-bond acceptors (Lipinski definition) is 3. The number of unbranched alkanes of at least 4 members (excludes halogenated alkanes) is 3. The summed E-state index contributed by atoms with van der Waals surface area (Å²) in [7, 11) is 0. The summed E-state index contributed by atoms with van der Waals surface area (Å²) in [4.78, 5) is 4.73. The molecule has 0 radical (unpaired) electrons. The fourth-order valence-electron chi connectivity index (χ4n) is 2.50. The Bertz CT molecular complexity index is 252. The highest BCUT2D eigenvalue weighted by Gasteiger charge is 2.34. The van der Waals surface area contributed by atoms with Crippen LogP contribution in [0.3, 0.4) is 0 Å². The second-order valence-electron chi connectivity index (χ2n) is 5.12. The van der Waals surface area contributed by atoms with Gasteiger partial charge in [-0.3, -0.25) is 4.99 Å². The van der Waals surface area contributed by atoms with Gasteiger partial charge in [0.2, 0.25) is 0 Å². The van der Waals surface area contributed by atoms with Crippen molar-refractivity contribution in [3.8, 4) is 0 Å². The van der Waals surface area contributed by atoms with Gasteiger partial charge in [0, 0.05) is 5.92 Å². The number of amidine groups is 1. The van der Waals surface area contributed by atoms with E-state index in [2.05, 4.69) is 19.2 Å². The molecule has 2 aliphatic rings. The minimum atomic E-state index is 0.396. The van der Waals surface area contributed by atoms with Gasteiger partial charge in [-0.1, -0.05) is 39.5 Å². The number of aliphatic imine (C=N–C) groups is 1. The van der Waals surface area contributed by atoms with Crippen LogP contribution in [0.5, 0.6) is 0 Å². The zero-order chi connectivity index (χ0) is 11.4. The van der Waals surface area contributed by atoms with Gasteiger partial charge in [-0.2, -0.15) is 0 Å². The van der Waals surface area contributed by atoms with Crippen LogP contribution >= 0.6 is 0 Å². The average Bonchev–Trinajstić information content (AvgIpc) is 2.83. The Hall–Kier alpha value is -0.570. The number of ether oxygens (including phenoxy) is 1. The van der Waals surface area contributed by atoms with Gasteiger partial charge >= 0.3 is 0 Å². The van der Waals surface area contributed by atoms with Gasteiger partial charge in [0.1, 0.15) is 5.84 Å². The van der Waals surface area contributed by atoms with Gasteiger partial charge in [-0.15, -0.1) is 0 Å². The van der Waals surface area contributed by atoms with Crippen LogP contribution < -0.4 is 5.32 Å². The molecule has 0 aromatic rings. The van der Waals surface area contributed by atoms with E-state index in [4.69, 9.17) is 9.73 Å². The van der Waals surface area contributed by atoms with Gasteiger partial charge in [0.25, 0.3) is 0 Å². The second kappa shape index (κ2) is 5.67. The van der Waals surface area contributed by atoms with Gasteiger partial charge in [0.15, 0.2) is 0 Å². The predicted octanol–water partition coefficient (Wildman–Crippen LogP) is 2.36. The molecule has 1 fully saturated rings. The quantitative estimate of drug-likeness (QED) is 0.703. The Morgan fingerprint density at radius 1 is 1.38 bits per heavy atom. The highest BCUT2D eigenvalue weighted by Crippen LogP contribution is 2.20. The van der Waals surface area contributed by atoms with Crippen molar-refractivity contribution in [3.05, 3.63) is 0 Å². The zero-order valence-corrected chi connectivity index (χ0v) is 10.5. The third-order valence-electron chi connectivity index (χ3n) is 3.65. The topological polar surface area (TPSA) is 33.6 Å². The Morgan fingerprint density at radius 2 is 2.25 bits per heavy atom. The summed E-state index contributed by atoms with van der Waals surface area (Å²) in [6.45, 7) is 6.19. The van der Waals surface area contributed by atoms with Crippen LogP contribution in [0.25, 0.3) is 0 Å². The third kappa shape index (κ3) is 2.76. The molecule has 0 aromatic carbocycles. The molecule has 0 aliphatic carbocycles. The SMILES string of the molecule is CCCCCCC(C)C1=NC2COCC2N1. The third-order valence-corrected chi connectivity index (χ3v) is 3.65. The number of nitrogens with zero attached hydrogens (tertiary/aromatic N) is 1. The largest absolute Gasteiger partial charge is 0.377 e. The summed E-state index contributed by atoms with van der Waals surface area (Å²) in [5.41, 5.74) is 0. The Labute approximate surface area is 98.7 Å². The number of rotatable bonds is 6. The van der Waals surface area contributed by atoms with Crippen LogP contribution in [0.2, 0.25) is 0 Å². The molecule has 3 heteroatoms. The van der Waals surface area contributed by atoms with Crippen molar-refractivity contribution in [2.45, 2.75) is 58.0 Å². The lowest BCUT2D eigenvalue weighted by atomic mass is 10.0. The van der Waals surface area contributed by atoms with Crippen LogP contribution in [-0.4, -0.2) is 31.1 Å². The van der Waals surface area contributed by atoms with Crippen molar-refractivity contribution in [1.82, 2.24) is 5.32 Å². The summed E-state index contributed by atoms with van der Waals surface area (Å²) in [5, 5.41) is 3.52. The fraction of sp³-hybridized carbons (Fsp3) is 0.923. The summed E-state index contributed by atoms with van der Waals surface area (Å²) in [5.74, 6) is 1.83. The van der Waals surface area contributed by atoms with Crippen molar-refractivity contribution in [2.24, 2.45) is 10.9 Å². The molecule has 0 aromatic heterocycles. The summed E-state index contributed by atoms with van der Waals surface area (Å²) in [6.07, 6.45) is 6.65. The Kier molecular flexibility index (Phi) is 4.22. The highest BCUT2D eigenvalue weighted by atomic mass is 16.5. The molecule has 1 saturated heterocycles. The molecular formula is C13H24N2O. The summed E-state index contributed by atoms with van der Waals surface area (Å²) < 4.78 is 5.38. The molecule has 2 aliphatic heterocycles. The first-order valence-corrected chi connectivity index (χ1v) is 6.73. The van der Waals surface area contributed by atoms with Gasteiger partial charge in [-0.05, 0) is 6.42 Å². The van der Waals surface area contributed by atoms with Crippen molar-refractivity contribution >= 4 is 5.84 Å². The highest BCUT2D eigenvalue weighted by molar-refractivity contribution is 5.86. The minimum absolute atomic E-state index is 0.396. The average molecular weight is 224 g/mol. The maximum Gasteiger partial charge on any atom is 0.100 e. The molecule has 2 rings (SSSR count). The van der Waals surface area contributed by atoms with Crippen molar-refractivity contribution < 1.29 is 4.74 Å². The smallest absolute Gasteiger partial charge is 0.100 e. The maximum atomic E-state index is 5.38. The van der Waals surface area contributed by atoms with E-state index >= 15 is 0 Å². The normalized spacial score (nSPS) is 29.8. The van der Waals surface area contributed by atoms with Crippen molar-refractivity contribution in [1.29, 1.82) is 0 Å². The molecular weight excluding hydrogens is 200 g/mol. The fourth-order valence-corrected chi connectivity index (χ4v) is 2.50. The van der Waals surface area contributed by atoms with E-state index in [0.717, 1.165) is 13.2 Å². The second-order valence-corrected chi connectivity index (χ2v) is 5.12. The Morgan fingerprint density at radius 3 is 3.00 bits per heavy atom. The first-order chi connectivity index (χ1) is 7.81. The van der Waals surface area contributed by atoms with E-state index in [9.17, 15) is 0 Å². The standard InChI is InChI=1S/C13H24N2O/c1-3-4-5-6-7-10(2)13-14-11-8-16-9-12(11)15-13/h10-12H,3-9H2,1-2H3,(H,14,15). The monoisotopic (exact) mass is 224 g/mol. The van der Waals surface area contributed by atoms with Gasteiger partial charge < -0.3 is 10.1 Å². The lowest BCUT2D eigenvalue weighted by Crippen LogP contribution is -2.36. The Balaban J connectivity index is 1.71. The first-order valence-electron chi connectivity index (χ1n) is 6.73. The van der Waals surface area contributed by atoms with E-state index in [-0.39, 0.29) is 0 Å². The van der Waals surface area contributed by atoms with Gasteiger partial charge in [0.05, 0.1) is 25.3 Å². The van der Waals surface area contributed by atoms with Crippen molar-refractivity contribution in [3.63, 3.8) is 0 Å². The van der Waals surface area contributed by atoms with Crippen LogP contribution in [-0.2, 0) is 4.74 Å². The molecule has 92 valence electrons. The number of hydrogen-bond donors (Lipinski definition) is 1. The minimum Gasteiger partial charge on any atom is -0.377 e. The number of fused-ring (bicyclic) bond motifs is 1. The molecule has 3 unspecified atom stereocenters.